The Hall–Kier alpha value is -4.32. The number of benzene rings is 2. The molecule has 0 aliphatic carbocycles. The molecule has 2 N–H and O–H groups in total. The van der Waals surface area contributed by atoms with Gasteiger partial charge < -0.3 is 20.1 Å². The summed E-state index contributed by atoms with van der Waals surface area (Å²) in [5, 5.41) is 5.49. The first-order valence-corrected chi connectivity index (χ1v) is 15.2. The number of carbonyl (C=O) groups is 4. The van der Waals surface area contributed by atoms with Crippen LogP contribution in [0.2, 0.25) is 0 Å². The van der Waals surface area contributed by atoms with Crippen LogP contribution in [0, 0.1) is 32.2 Å². The van der Waals surface area contributed by atoms with Crippen LogP contribution < -0.4 is 10.6 Å². The number of carbonyl (C=O) groups excluding carboxylic acids is 4. The molecule has 0 fully saturated rings. The molecule has 9 heteroatoms. The van der Waals surface area contributed by atoms with Gasteiger partial charge in [0, 0.05) is 12.5 Å². The van der Waals surface area contributed by atoms with Gasteiger partial charge in [0.25, 0.3) is 5.91 Å². The van der Waals surface area contributed by atoms with Crippen molar-refractivity contribution in [3.63, 3.8) is 0 Å². The molecule has 0 spiro atoms. The standard InChI is InChI=1S/C36H49N3O6/c1-12-39(32(41)28(21-23(2)3)38-34(43)45-36(9,10)11)30(27-20-16-17-24(4)25(27)5)31(40)37-29(33(42)44-35(6,7)8)22-26-18-14-13-15-19-26/h1,13-20,23,28-30H,21-22H2,2-11H3,(H,37,40)(H,38,43). The number of hydrogen-bond donors (Lipinski definition) is 2. The first kappa shape index (κ1) is 36.9. The van der Waals surface area contributed by atoms with E-state index < -0.39 is 53.2 Å². The highest BCUT2D eigenvalue weighted by Crippen LogP contribution is 2.28. The fourth-order valence-electron chi connectivity index (χ4n) is 4.71. The zero-order valence-electron chi connectivity index (χ0n) is 28.3. The van der Waals surface area contributed by atoms with E-state index in [2.05, 4.69) is 16.7 Å². The predicted molar refractivity (Wildman–Crippen MR) is 175 cm³/mol. The summed E-state index contributed by atoms with van der Waals surface area (Å²) in [6, 6.07) is 13.6. The van der Waals surface area contributed by atoms with Crippen molar-refractivity contribution in [3.05, 3.63) is 70.8 Å². The van der Waals surface area contributed by atoms with Crippen molar-refractivity contribution in [3.8, 4) is 12.5 Å². The second-order valence-corrected chi connectivity index (χ2v) is 13.6. The van der Waals surface area contributed by atoms with Crippen molar-refractivity contribution >= 4 is 23.9 Å². The summed E-state index contributed by atoms with van der Waals surface area (Å²) in [6.07, 6.45) is 5.59. The lowest BCUT2D eigenvalue weighted by atomic mass is 9.94. The van der Waals surface area contributed by atoms with Crippen LogP contribution in [0.5, 0.6) is 0 Å². The monoisotopic (exact) mass is 619 g/mol. The third-order valence-electron chi connectivity index (χ3n) is 6.81. The predicted octanol–water partition coefficient (Wildman–Crippen LogP) is 5.77. The maximum Gasteiger partial charge on any atom is 0.408 e. The van der Waals surface area contributed by atoms with Crippen molar-refractivity contribution in [2.75, 3.05) is 0 Å². The van der Waals surface area contributed by atoms with Crippen molar-refractivity contribution in [2.24, 2.45) is 5.92 Å². The highest BCUT2D eigenvalue weighted by atomic mass is 16.6. The number of rotatable bonds is 11. The summed E-state index contributed by atoms with van der Waals surface area (Å²) >= 11 is 0. The lowest BCUT2D eigenvalue weighted by molar-refractivity contribution is -0.159. The molecule has 3 atom stereocenters. The van der Waals surface area contributed by atoms with E-state index in [1.54, 1.807) is 53.7 Å². The molecule has 0 saturated heterocycles. The van der Waals surface area contributed by atoms with Gasteiger partial charge in [0.1, 0.15) is 29.3 Å². The van der Waals surface area contributed by atoms with E-state index in [0.29, 0.717) is 5.56 Å². The summed E-state index contributed by atoms with van der Waals surface area (Å²) in [7, 11) is 0. The molecular formula is C36H49N3O6. The molecule has 0 saturated carbocycles. The van der Waals surface area contributed by atoms with Gasteiger partial charge in [-0.25, -0.2) is 9.59 Å². The number of nitrogens with zero attached hydrogens (tertiary/aromatic N) is 1. The molecule has 0 bridgehead atoms. The molecule has 3 unspecified atom stereocenters. The summed E-state index contributed by atoms with van der Waals surface area (Å²) in [5.74, 6) is -1.96. The number of amides is 3. The molecular weight excluding hydrogens is 570 g/mol. The molecule has 0 aliphatic heterocycles. The first-order chi connectivity index (χ1) is 20.8. The lowest BCUT2D eigenvalue weighted by Crippen LogP contribution is -2.54. The van der Waals surface area contributed by atoms with Gasteiger partial charge in [-0.15, -0.1) is 0 Å². The Labute approximate surface area is 268 Å². The summed E-state index contributed by atoms with van der Waals surface area (Å²) in [5.41, 5.74) is 1.33. The van der Waals surface area contributed by atoms with Crippen LogP contribution in [0.4, 0.5) is 4.79 Å². The molecule has 2 rings (SSSR count). The largest absolute Gasteiger partial charge is 0.458 e. The maximum absolute atomic E-state index is 14.3. The van der Waals surface area contributed by atoms with Gasteiger partial charge in [-0.3, -0.25) is 14.5 Å². The summed E-state index contributed by atoms with van der Waals surface area (Å²) in [6.45, 7) is 17.9. The third-order valence-corrected chi connectivity index (χ3v) is 6.81. The summed E-state index contributed by atoms with van der Waals surface area (Å²) in [4.78, 5) is 55.6. The third kappa shape index (κ3) is 11.6. The minimum atomic E-state index is -1.32. The number of aryl methyl sites for hydroxylation is 1. The van der Waals surface area contributed by atoms with Crippen LogP contribution in [-0.4, -0.2) is 52.1 Å². The van der Waals surface area contributed by atoms with Crippen LogP contribution in [0.25, 0.3) is 0 Å². The van der Waals surface area contributed by atoms with Gasteiger partial charge in [-0.2, -0.15) is 0 Å². The van der Waals surface area contributed by atoms with E-state index in [9.17, 15) is 19.2 Å². The molecule has 9 nitrogen and oxygen atoms in total. The van der Waals surface area contributed by atoms with E-state index >= 15 is 0 Å². The van der Waals surface area contributed by atoms with Crippen molar-refractivity contribution in [2.45, 2.75) is 111 Å². The van der Waals surface area contributed by atoms with Gasteiger partial charge in [-0.05, 0) is 90.0 Å². The Morgan fingerprint density at radius 3 is 1.98 bits per heavy atom. The molecule has 0 radical (unpaired) electrons. The van der Waals surface area contributed by atoms with Crippen molar-refractivity contribution < 1.29 is 28.7 Å². The summed E-state index contributed by atoms with van der Waals surface area (Å²) < 4.78 is 11.1. The van der Waals surface area contributed by atoms with Gasteiger partial charge in [0.2, 0.25) is 5.91 Å². The molecule has 0 aliphatic rings. The maximum atomic E-state index is 14.3. The second-order valence-electron chi connectivity index (χ2n) is 13.6. The Kier molecular flexibility index (Phi) is 12.8. The molecule has 0 heterocycles. The molecule has 244 valence electrons. The Morgan fingerprint density at radius 2 is 1.44 bits per heavy atom. The number of nitrogens with one attached hydrogen (secondary N) is 2. The minimum Gasteiger partial charge on any atom is -0.458 e. The zero-order chi connectivity index (χ0) is 34.1. The van der Waals surface area contributed by atoms with Crippen LogP contribution in [0.1, 0.15) is 90.1 Å². The molecule has 45 heavy (non-hydrogen) atoms. The van der Waals surface area contributed by atoms with E-state index in [1.807, 2.05) is 64.1 Å². The molecule has 2 aromatic carbocycles. The number of esters is 1. The van der Waals surface area contributed by atoms with Gasteiger partial charge in [0.15, 0.2) is 0 Å². The highest BCUT2D eigenvalue weighted by molar-refractivity contribution is 5.95. The molecule has 0 aromatic heterocycles. The molecule has 2 aromatic rings. The second kappa shape index (κ2) is 15.6. The fraction of sp³-hybridized carbons (Fsp3) is 0.500. The SMILES string of the molecule is C#CN(C(=O)C(CC(C)C)NC(=O)OC(C)(C)C)C(C(=O)NC(Cc1ccccc1)C(=O)OC(C)(C)C)c1cccc(C)c1C. The van der Waals surface area contributed by atoms with E-state index in [1.165, 1.54) is 0 Å². The van der Waals surface area contributed by atoms with Crippen LogP contribution >= 0.6 is 0 Å². The van der Waals surface area contributed by atoms with Gasteiger partial charge in [0.05, 0.1) is 0 Å². The average molecular weight is 620 g/mol. The fourth-order valence-corrected chi connectivity index (χ4v) is 4.71. The number of ether oxygens (including phenoxy) is 2. The Bertz CT molecular complexity index is 1380. The highest BCUT2D eigenvalue weighted by Gasteiger charge is 2.39. The van der Waals surface area contributed by atoms with Gasteiger partial charge >= 0.3 is 12.1 Å². The number of alkyl carbamates (subject to hydrolysis) is 1. The van der Waals surface area contributed by atoms with Crippen molar-refractivity contribution in [1.29, 1.82) is 0 Å². The topological polar surface area (TPSA) is 114 Å². The number of terminal acetylenes is 1. The average Bonchev–Trinajstić information content (AvgIpc) is 2.90. The van der Waals surface area contributed by atoms with Crippen LogP contribution in [0.3, 0.4) is 0 Å². The van der Waals surface area contributed by atoms with Crippen molar-refractivity contribution in [1.82, 2.24) is 15.5 Å². The quantitative estimate of drug-likeness (QED) is 0.188. The first-order valence-electron chi connectivity index (χ1n) is 15.2. The normalized spacial score (nSPS) is 13.6. The van der Waals surface area contributed by atoms with E-state index in [4.69, 9.17) is 15.9 Å². The smallest absolute Gasteiger partial charge is 0.408 e. The lowest BCUT2D eigenvalue weighted by Gasteiger charge is -2.33. The zero-order valence-corrected chi connectivity index (χ0v) is 28.3. The Morgan fingerprint density at radius 1 is 0.844 bits per heavy atom. The molecule has 3 amide bonds. The van der Waals surface area contributed by atoms with Crippen LogP contribution in [-0.2, 0) is 30.3 Å². The van der Waals surface area contributed by atoms with Gasteiger partial charge in [-0.1, -0.05) is 68.8 Å². The van der Waals surface area contributed by atoms with E-state index in [0.717, 1.165) is 21.6 Å². The Balaban J connectivity index is 2.60. The van der Waals surface area contributed by atoms with E-state index in [-0.39, 0.29) is 18.8 Å². The minimum absolute atomic E-state index is 0.0103. The van der Waals surface area contributed by atoms with Crippen LogP contribution in [0.15, 0.2) is 48.5 Å². The number of hydrogen-bond acceptors (Lipinski definition) is 6.